The number of carboxylic acid groups (broad SMARTS) is 1. The van der Waals surface area contributed by atoms with E-state index < -0.39 is 17.5 Å². The van der Waals surface area contributed by atoms with Crippen LogP contribution < -0.4 is 0 Å². The molecular formula is C13H16N2O5. The normalized spacial score (nSPS) is 25.1. The van der Waals surface area contributed by atoms with Crippen LogP contribution in [0, 0.1) is 5.41 Å². The van der Waals surface area contributed by atoms with Crippen LogP contribution in [0.3, 0.4) is 0 Å². The highest BCUT2D eigenvalue weighted by Crippen LogP contribution is 2.43. The second-order valence-corrected chi connectivity index (χ2v) is 5.50. The summed E-state index contributed by atoms with van der Waals surface area (Å²) in [5.41, 5.74) is 0.163. The van der Waals surface area contributed by atoms with Gasteiger partial charge in [-0.1, -0.05) is 0 Å². The lowest BCUT2D eigenvalue weighted by Crippen LogP contribution is -2.46. The summed E-state index contributed by atoms with van der Waals surface area (Å²) in [6.07, 6.45) is 2.25. The molecule has 1 spiro atoms. The average molecular weight is 280 g/mol. The number of piperidine rings is 1. The third-order valence-electron chi connectivity index (χ3n) is 4.50. The molecule has 0 radical (unpaired) electrons. The van der Waals surface area contributed by atoms with Gasteiger partial charge in [-0.2, -0.15) is 0 Å². The van der Waals surface area contributed by atoms with E-state index in [4.69, 9.17) is 9.84 Å². The summed E-state index contributed by atoms with van der Waals surface area (Å²) in [6.45, 7) is 1.52. The maximum Gasteiger partial charge on any atom is 0.407 e. The van der Waals surface area contributed by atoms with Crippen LogP contribution in [0.15, 0.2) is 11.8 Å². The third kappa shape index (κ3) is 1.93. The van der Waals surface area contributed by atoms with E-state index in [0.717, 1.165) is 0 Å². The monoisotopic (exact) mass is 280 g/mol. The first-order valence-corrected chi connectivity index (χ1v) is 6.69. The number of ether oxygens (including phenoxy) is 1. The van der Waals surface area contributed by atoms with Gasteiger partial charge >= 0.3 is 12.1 Å². The Morgan fingerprint density at radius 1 is 1.20 bits per heavy atom. The number of hydrogen-bond acceptors (Lipinski definition) is 4. The maximum atomic E-state index is 12.6. The summed E-state index contributed by atoms with van der Waals surface area (Å²) in [7, 11) is 0. The van der Waals surface area contributed by atoms with Crippen molar-refractivity contribution in [1.82, 2.24) is 9.80 Å². The van der Waals surface area contributed by atoms with E-state index in [1.807, 2.05) is 0 Å². The van der Waals surface area contributed by atoms with Crippen LogP contribution in [0.1, 0.15) is 19.3 Å². The Hall–Kier alpha value is -2.05. The summed E-state index contributed by atoms with van der Waals surface area (Å²) in [4.78, 5) is 37.6. The highest BCUT2D eigenvalue weighted by Gasteiger charge is 2.49. The Morgan fingerprint density at radius 2 is 1.85 bits per heavy atom. The van der Waals surface area contributed by atoms with Crippen molar-refractivity contribution in [3.63, 3.8) is 0 Å². The van der Waals surface area contributed by atoms with Crippen LogP contribution in [-0.4, -0.2) is 59.1 Å². The largest absolute Gasteiger partial charge is 0.465 e. The van der Waals surface area contributed by atoms with Crippen molar-refractivity contribution in [2.24, 2.45) is 5.41 Å². The first-order chi connectivity index (χ1) is 9.52. The molecule has 0 aromatic carbocycles. The quantitative estimate of drug-likeness (QED) is 0.703. The van der Waals surface area contributed by atoms with Crippen LogP contribution in [0.5, 0.6) is 0 Å². The average Bonchev–Trinajstić information content (AvgIpc) is 2.97. The molecule has 0 unspecified atom stereocenters. The molecule has 3 aliphatic rings. The van der Waals surface area contributed by atoms with Gasteiger partial charge in [-0.05, 0) is 19.3 Å². The van der Waals surface area contributed by atoms with Crippen molar-refractivity contribution in [3.05, 3.63) is 11.8 Å². The molecule has 0 aromatic heterocycles. The fraction of sp³-hybridized carbons (Fsp3) is 0.615. The number of likely N-dealkylation sites (tertiary alicyclic amines) is 2. The molecule has 0 atom stereocenters. The first kappa shape index (κ1) is 13.0. The molecule has 3 heterocycles. The summed E-state index contributed by atoms with van der Waals surface area (Å²) >= 11 is 0. The summed E-state index contributed by atoms with van der Waals surface area (Å²) < 4.78 is 4.84. The van der Waals surface area contributed by atoms with Gasteiger partial charge in [0.25, 0.3) is 0 Å². The Kier molecular flexibility index (Phi) is 2.92. The number of cyclic esters (lactones) is 1. The van der Waals surface area contributed by atoms with Gasteiger partial charge in [0.15, 0.2) is 0 Å². The lowest BCUT2D eigenvalue weighted by molar-refractivity contribution is -0.138. The number of hydrogen-bond donors (Lipinski definition) is 1. The van der Waals surface area contributed by atoms with Crippen LogP contribution in [-0.2, 0) is 14.3 Å². The smallest absolute Gasteiger partial charge is 0.407 e. The zero-order valence-electron chi connectivity index (χ0n) is 11.0. The molecule has 2 fully saturated rings. The van der Waals surface area contributed by atoms with Crippen molar-refractivity contribution in [1.29, 1.82) is 0 Å². The number of carbonyl (C=O) groups is 3. The standard InChI is InChI=1S/C13H16N2O5/c16-10-7-9(8-20-10)15-6-3-13(11(15)17)1-4-14(5-2-13)12(18)19/h7H,1-6,8H2,(H,18,19). The molecule has 0 bridgehead atoms. The Bertz CT molecular complexity index is 505. The number of amides is 2. The van der Waals surface area contributed by atoms with E-state index in [9.17, 15) is 14.4 Å². The summed E-state index contributed by atoms with van der Waals surface area (Å²) in [5, 5.41) is 8.96. The lowest BCUT2D eigenvalue weighted by atomic mass is 9.77. The van der Waals surface area contributed by atoms with Gasteiger partial charge < -0.3 is 19.6 Å². The Morgan fingerprint density at radius 3 is 2.40 bits per heavy atom. The minimum Gasteiger partial charge on any atom is -0.465 e. The maximum absolute atomic E-state index is 12.6. The van der Waals surface area contributed by atoms with E-state index in [2.05, 4.69) is 0 Å². The van der Waals surface area contributed by atoms with Crippen LogP contribution >= 0.6 is 0 Å². The van der Waals surface area contributed by atoms with Crippen molar-refractivity contribution >= 4 is 18.0 Å². The minimum absolute atomic E-state index is 0.00656. The molecule has 7 nitrogen and oxygen atoms in total. The molecule has 20 heavy (non-hydrogen) atoms. The fourth-order valence-electron chi connectivity index (χ4n) is 3.20. The van der Waals surface area contributed by atoms with Crippen molar-refractivity contribution in [3.8, 4) is 0 Å². The predicted molar refractivity (Wildman–Crippen MR) is 66.6 cm³/mol. The van der Waals surface area contributed by atoms with Crippen molar-refractivity contribution < 1.29 is 24.2 Å². The SMILES string of the molecule is O=C1C=C(N2CCC3(CCN(C(=O)O)CC3)C2=O)CO1. The minimum atomic E-state index is -0.931. The van der Waals surface area contributed by atoms with Gasteiger partial charge in [-0.15, -0.1) is 0 Å². The van der Waals surface area contributed by atoms with Gasteiger partial charge in [0.2, 0.25) is 5.91 Å². The lowest BCUT2D eigenvalue weighted by Gasteiger charge is -2.36. The Labute approximate surface area is 115 Å². The van der Waals surface area contributed by atoms with Crippen LogP contribution in [0.2, 0.25) is 0 Å². The van der Waals surface area contributed by atoms with E-state index in [1.165, 1.54) is 11.0 Å². The molecule has 0 aromatic rings. The summed E-state index contributed by atoms with van der Waals surface area (Å²) in [5.74, 6) is -0.401. The molecule has 2 saturated heterocycles. The van der Waals surface area contributed by atoms with E-state index in [0.29, 0.717) is 44.6 Å². The molecule has 0 aliphatic carbocycles. The topological polar surface area (TPSA) is 87.2 Å². The Balaban J connectivity index is 1.72. The molecule has 1 N–H and O–H groups in total. The highest BCUT2D eigenvalue weighted by molar-refractivity contribution is 5.90. The van der Waals surface area contributed by atoms with E-state index >= 15 is 0 Å². The van der Waals surface area contributed by atoms with E-state index in [1.54, 1.807) is 4.90 Å². The molecule has 108 valence electrons. The zero-order chi connectivity index (χ0) is 14.3. The summed E-state index contributed by atoms with van der Waals surface area (Å²) in [6, 6.07) is 0. The van der Waals surface area contributed by atoms with Crippen LogP contribution in [0.4, 0.5) is 4.79 Å². The van der Waals surface area contributed by atoms with Gasteiger partial charge in [0.05, 0.1) is 11.1 Å². The highest BCUT2D eigenvalue weighted by atomic mass is 16.5. The number of rotatable bonds is 1. The second kappa shape index (κ2) is 4.50. The van der Waals surface area contributed by atoms with Gasteiger partial charge in [0, 0.05) is 25.7 Å². The van der Waals surface area contributed by atoms with E-state index in [-0.39, 0.29) is 12.5 Å². The van der Waals surface area contributed by atoms with Crippen LogP contribution in [0.25, 0.3) is 0 Å². The predicted octanol–water partition coefficient (Wildman–Crippen LogP) is 0.420. The molecule has 7 heteroatoms. The molecule has 0 saturated carbocycles. The second-order valence-electron chi connectivity index (χ2n) is 5.50. The van der Waals surface area contributed by atoms with Gasteiger partial charge in [0.1, 0.15) is 6.61 Å². The van der Waals surface area contributed by atoms with Crippen molar-refractivity contribution in [2.75, 3.05) is 26.2 Å². The number of carbonyl (C=O) groups excluding carboxylic acids is 2. The molecule has 2 amide bonds. The molecule has 3 aliphatic heterocycles. The zero-order valence-corrected chi connectivity index (χ0v) is 11.0. The number of nitrogens with zero attached hydrogens (tertiary/aromatic N) is 2. The molecular weight excluding hydrogens is 264 g/mol. The van der Waals surface area contributed by atoms with Crippen molar-refractivity contribution in [2.45, 2.75) is 19.3 Å². The first-order valence-electron chi connectivity index (χ1n) is 6.69. The number of esters is 1. The molecule has 3 rings (SSSR count). The fourth-order valence-corrected chi connectivity index (χ4v) is 3.20. The third-order valence-corrected chi connectivity index (χ3v) is 4.50. The van der Waals surface area contributed by atoms with Gasteiger partial charge in [-0.25, -0.2) is 9.59 Å². The van der Waals surface area contributed by atoms with Gasteiger partial charge in [-0.3, -0.25) is 4.79 Å².